The van der Waals surface area contributed by atoms with E-state index in [4.69, 9.17) is 4.55 Å². The van der Waals surface area contributed by atoms with Crippen LogP contribution in [0.5, 0.6) is 0 Å². The number of benzene rings is 2. The number of hydroxylamine groups is 2. The smallest absolute Gasteiger partial charge is 0.309 e. The van der Waals surface area contributed by atoms with Gasteiger partial charge in [-0.1, -0.05) is 30.3 Å². The second-order valence-corrected chi connectivity index (χ2v) is 8.02. The summed E-state index contributed by atoms with van der Waals surface area (Å²) in [6, 6.07) is 10.3. The highest BCUT2D eigenvalue weighted by Crippen LogP contribution is 2.30. The van der Waals surface area contributed by atoms with Gasteiger partial charge in [-0.05, 0) is 35.7 Å². The Bertz CT molecular complexity index is 1140. The van der Waals surface area contributed by atoms with E-state index in [9.17, 15) is 22.8 Å². The molecular weight excluding hydrogens is 416 g/mol. The van der Waals surface area contributed by atoms with Crippen LogP contribution in [0.1, 0.15) is 23.2 Å². The standard InChI is InChI=1S/C18H18N4O7S/c23-16(13-6-5-11-3-1-2-4-12(11)9-13)19-20-17(24)15-8-7-14-10-21(15)18(25)22(14)29-30(26,27)28/h1-6,9,14-15H,7-8,10H2,(H,19,23)(H,20,24)(H,26,27,28)/t14-,15+/m0/s1. The molecule has 2 aliphatic heterocycles. The van der Waals surface area contributed by atoms with E-state index >= 15 is 0 Å². The topological polar surface area (TPSA) is 145 Å². The predicted molar refractivity (Wildman–Crippen MR) is 103 cm³/mol. The SMILES string of the molecule is O=C(NNC(=O)[C@H]1CC[C@H]2CN1C(=O)N2OS(=O)(=O)O)c1ccc2ccccc2c1. The molecule has 0 saturated carbocycles. The number of hydrazine groups is 1. The molecular formula is C18H18N4O7S. The summed E-state index contributed by atoms with van der Waals surface area (Å²) >= 11 is 0. The van der Waals surface area contributed by atoms with Crippen LogP contribution in [0.2, 0.25) is 0 Å². The summed E-state index contributed by atoms with van der Waals surface area (Å²) in [5, 5.41) is 2.39. The van der Waals surface area contributed by atoms with E-state index in [0.717, 1.165) is 15.7 Å². The zero-order valence-electron chi connectivity index (χ0n) is 15.5. The van der Waals surface area contributed by atoms with Crippen LogP contribution in [0.3, 0.4) is 0 Å². The summed E-state index contributed by atoms with van der Waals surface area (Å²) in [4.78, 5) is 38.4. The third kappa shape index (κ3) is 3.92. The fourth-order valence-corrected chi connectivity index (χ4v) is 4.10. The molecule has 0 aliphatic carbocycles. The van der Waals surface area contributed by atoms with Crippen molar-refractivity contribution in [3.8, 4) is 0 Å². The van der Waals surface area contributed by atoms with Gasteiger partial charge in [-0.2, -0.15) is 13.5 Å². The highest BCUT2D eigenvalue weighted by Gasteiger charge is 2.49. The lowest BCUT2D eigenvalue weighted by Crippen LogP contribution is -2.54. The zero-order chi connectivity index (χ0) is 21.5. The zero-order valence-corrected chi connectivity index (χ0v) is 16.3. The van der Waals surface area contributed by atoms with Crippen molar-refractivity contribution in [1.82, 2.24) is 20.8 Å². The minimum absolute atomic E-state index is 0.0606. The van der Waals surface area contributed by atoms with Gasteiger partial charge < -0.3 is 4.90 Å². The number of fused-ring (bicyclic) bond motifs is 3. The van der Waals surface area contributed by atoms with Gasteiger partial charge in [-0.3, -0.25) is 25.0 Å². The Morgan fingerprint density at radius 3 is 2.53 bits per heavy atom. The van der Waals surface area contributed by atoms with E-state index in [0.29, 0.717) is 10.6 Å². The summed E-state index contributed by atoms with van der Waals surface area (Å²) in [6.07, 6.45) is 0.522. The van der Waals surface area contributed by atoms with Crippen molar-refractivity contribution in [2.24, 2.45) is 0 Å². The Balaban J connectivity index is 1.39. The molecule has 4 amide bonds. The highest BCUT2D eigenvalue weighted by molar-refractivity contribution is 7.80. The quantitative estimate of drug-likeness (QED) is 0.472. The number of urea groups is 1. The monoisotopic (exact) mass is 434 g/mol. The van der Waals surface area contributed by atoms with Gasteiger partial charge >= 0.3 is 16.4 Å². The molecule has 2 aromatic rings. The maximum Gasteiger partial charge on any atom is 0.418 e. The largest absolute Gasteiger partial charge is 0.418 e. The summed E-state index contributed by atoms with van der Waals surface area (Å²) in [5.41, 5.74) is 4.98. The molecule has 2 heterocycles. The van der Waals surface area contributed by atoms with Crippen molar-refractivity contribution in [3.63, 3.8) is 0 Å². The van der Waals surface area contributed by atoms with E-state index in [1.807, 2.05) is 24.3 Å². The van der Waals surface area contributed by atoms with Gasteiger partial charge in [-0.25, -0.2) is 4.79 Å². The number of amides is 4. The minimum atomic E-state index is -4.86. The lowest BCUT2D eigenvalue weighted by molar-refractivity contribution is -0.126. The Kier molecular flexibility index (Phi) is 5.05. The summed E-state index contributed by atoms with van der Waals surface area (Å²) in [7, 11) is -4.86. The fourth-order valence-electron chi connectivity index (χ4n) is 3.71. The average molecular weight is 434 g/mol. The van der Waals surface area contributed by atoms with E-state index in [2.05, 4.69) is 15.1 Å². The van der Waals surface area contributed by atoms with Crippen LogP contribution in [0.4, 0.5) is 4.79 Å². The molecule has 3 N–H and O–H groups in total. The molecule has 2 aliphatic rings. The summed E-state index contributed by atoms with van der Waals surface area (Å²) < 4.78 is 35.0. The molecule has 2 aromatic carbocycles. The van der Waals surface area contributed by atoms with Gasteiger partial charge in [0, 0.05) is 12.1 Å². The molecule has 158 valence electrons. The van der Waals surface area contributed by atoms with Crippen LogP contribution in [0.25, 0.3) is 10.8 Å². The number of carbonyl (C=O) groups is 3. The number of hydrogen-bond acceptors (Lipinski definition) is 6. The van der Waals surface area contributed by atoms with Gasteiger partial charge in [0.2, 0.25) is 0 Å². The van der Waals surface area contributed by atoms with Crippen molar-refractivity contribution in [3.05, 3.63) is 48.0 Å². The van der Waals surface area contributed by atoms with Crippen molar-refractivity contribution >= 4 is 39.0 Å². The van der Waals surface area contributed by atoms with Crippen molar-refractivity contribution < 1.29 is 31.6 Å². The molecule has 11 nitrogen and oxygen atoms in total. The third-order valence-corrected chi connectivity index (χ3v) is 5.46. The normalized spacial score (nSPS) is 21.0. The first-order valence-corrected chi connectivity index (χ1v) is 10.5. The maximum atomic E-state index is 12.5. The highest BCUT2D eigenvalue weighted by atomic mass is 32.3. The molecule has 0 unspecified atom stereocenters. The fraction of sp³-hybridized carbons (Fsp3) is 0.278. The average Bonchev–Trinajstić information content (AvgIpc) is 2.95. The molecule has 0 aromatic heterocycles. The van der Waals surface area contributed by atoms with Gasteiger partial charge in [0.25, 0.3) is 11.8 Å². The molecule has 2 bridgehead atoms. The summed E-state index contributed by atoms with van der Waals surface area (Å²) in [6.45, 7) is 0.0606. The number of carbonyl (C=O) groups excluding carboxylic acids is 3. The second-order valence-electron chi connectivity index (χ2n) is 7.02. The molecule has 0 spiro atoms. The molecule has 2 fully saturated rings. The number of nitrogens with zero attached hydrogens (tertiary/aromatic N) is 2. The van der Waals surface area contributed by atoms with Gasteiger partial charge in [0.15, 0.2) is 0 Å². The number of piperidine rings is 1. The Morgan fingerprint density at radius 2 is 1.80 bits per heavy atom. The lowest BCUT2D eigenvalue weighted by atomic mass is 10.0. The van der Waals surface area contributed by atoms with Crippen molar-refractivity contribution in [2.75, 3.05) is 6.54 Å². The first-order chi connectivity index (χ1) is 14.2. The maximum absolute atomic E-state index is 12.5. The van der Waals surface area contributed by atoms with E-state index in [1.165, 1.54) is 0 Å². The second kappa shape index (κ2) is 7.55. The molecule has 12 heteroatoms. The van der Waals surface area contributed by atoms with Gasteiger partial charge in [-0.15, -0.1) is 4.28 Å². The van der Waals surface area contributed by atoms with E-state index in [-0.39, 0.29) is 19.4 Å². The number of rotatable bonds is 4. The van der Waals surface area contributed by atoms with E-state index < -0.39 is 40.3 Å². The van der Waals surface area contributed by atoms with Crippen molar-refractivity contribution in [1.29, 1.82) is 0 Å². The third-order valence-electron chi connectivity index (χ3n) is 5.11. The molecule has 2 atom stereocenters. The lowest BCUT2D eigenvalue weighted by Gasteiger charge is -2.29. The van der Waals surface area contributed by atoms with Crippen molar-refractivity contribution in [2.45, 2.75) is 24.9 Å². The molecule has 0 radical (unpaired) electrons. The van der Waals surface area contributed by atoms with Crippen LogP contribution in [0.15, 0.2) is 42.5 Å². The minimum Gasteiger partial charge on any atom is -0.309 e. The Morgan fingerprint density at radius 1 is 1.07 bits per heavy atom. The number of nitrogens with one attached hydrogen (secondary N) is 2. The van der Waals surface area contributed by atoms with Gasteiger partial charge in [0.1, 0.15) is 6.04 Å². The van der Waals surface area contributed by atoms with E-state index in [1.54, 1.807) is 18.2 Å². The Labute approximate surface area is 171 Å². The van der Waals surface area contributed by atoms with Crippen LogP contribution >= 0.6 is 0 Å². The summed E-state index contributed by atoms with van der Waals surface area (Å²) in [5.74, 6) is -1.14. The van der Waals surface area contributed by atoms with Gasteiger partial charge in [0.05, 0.1) is 6.04 Å². The van der Waals surface area contributed by atoms with Crippen LogP contribution < -0.4 is 10.9 Å². The molecule has 30 heavy (non-hydrogen) atoms. The molecule has 4 rings (SSSR count). The van der Waals surface area contributed by atoms with Crippen LogP contribution in [0, 0.1) is 0 Å². The molecule has 2 saturated heterocycles. The van der Waals surface area contributed by atoms with Crippen LogP contribution in [-0.4, -0.2) is 59.4 Å². The Hall–Kier alpha value is -3.22. The first kappa shape index (κ1) is 20.1. The first-order valence-electron chi connectivity index (χ1n) is 9.09. The number of hydrogen-bond donors (Lipinski definition) is 3. The predicted octanol–water partition coefficient (Wildman–Crippen LogP) is 0.604. The van der Waals surface area contributed by atoms with Crippen LogP contribution in [-0.2, 0) is 19.5 Å².